The standard InChI is InChI=1S/C13H17F2N/c1-9(8-10-4-2-5-10)16-13-11(14)6-3-7-12(13)15/h3,6-7,9-10,16H,2,4-5,8H2,1H3. The number of nitrogens with one attached hydrogen (secondary N) is 1. The molecule has 0 saturated heterocycles. The van der Waals surface area contributed by atoms with Crippen molar-refractivity contribution in [2.75, 3.05) is 5.32 Å². The molecule has 1 fully saturated rings. The predicted octanol–water partition coefficient (Wildman–Crippen LogP) is 3.96. The molecule has 16 heavy (non-hydrogen) atoms. The van der Waals surface area contributed by atoms with Crippen LogP contribution in [-0.2, 0) is 0 Å². The normalized spacial score (nSPS) is 17.9. The largest absolute Gasteiger partial charge is 0.378 e. The van der Waals surface area contributed by atoms with Gasteiger partial charge in [-0.2, -0.15) is 0 Å². The van der Waals surface area contributed by atoms with Crippen LogP contribution in [0.25, 0.3) is 0 Å². The molecule has 88 valence electrons. The highest BCUT2D eigenvalue weighted by Crippen LogP contribution is 2.31. The van der Waals surface area contributed by atoms with Crippen molar-refractivity contribution in [1.82, 2.24) is 0 Å². The lowest BCUT2D eigenvalue weighted by molar-refractivity contribution is 0.285. The number of anilines is 1. The molecular weight excluding hydrogens is 208 g/mol. The van der Waals surface area contributed by atoms with Crippen molar-refractivity contribution in [2.45, 2.75) is 38.6 Å². The van der Waals surface area contributed by atoms with E-state index < -0.39 is 11.6 Å². The van der Waals surface area contributed by atoms with Crippen LogP contribution in [0.15, 0.2) is 18.2 Å². The molecule has 0 amide bonds. The van der Waals surface area contributed by atoms with Crippen molar-refractivity contribution >= 4 is 5.69 Å². The zero-order chi connectivity index (χ0) is 11.5. The smallest absolute Gasteiger partial charge is 0.149 e. The number of hydrogen-bond donors (Lipinski definition) is 1. The Labute approximate surface area is 94.9 Å². The van der Waals surface area contributed by atoms with E-state index in [0.717, 1.165) is 12.3 Å². The van der Waals surface area contributed by atoms with Crippen molar-refractivity contribution < 1.29 is 8.78 Å². The molecule has 0 heterocycles. The molecule has 1 unspecified atom stereocenters. The van der Waals surface area contributed by atoms with E-state index >= 15 is 0 Å². The maximum atomic E-state index is 13.3. The van der Waals surface area contributed by atoms with Gasteiger partial charge in [0.25, 0.3) is 0 Å². The van der Waals surface area contributed by atoms with Gasteiger partial charge in [0.05, 0.1) is 0 Å². The molecule has 3 heteroatoms. The van der Waals surface area contributed by atoms with Gasteiger partial charge in [0.15, 0.2) is 0 Å². The van der Waals surface area contributed by atoms with Gasteiger partial charge in [-0.25, -0.2) is 8.78 Å². The van der Waals surface area contributed by atoms with Gasteiger partial charge >= 0.3 is 0 Å². The molecule has 1 N–H and O–H groups in total. The number of rotatable bonds is 4. The molecule has 0 aliphatic heterocycles. The first-order chi connectivity index (χ1) is 7.66. The van der Waals surface area contributed by atoms with Crippen molar-refractivity contribution in [2.24, 2.45) is 5.92 Å². The fourth-order valence-electron chi connectivity index (χ4n) is 2.17. The van der Waals surface area contributed by atoms with Crippen LogP contribution >= 0.6 is 0 Å². The fourth-order valence-corrected chi connectivity index (χ4v) is 2.17. The summed E-state index contributed by atoms with van der Waals surface area (Å²) in [7, 11) is 0. The first kappa shape index (κ1) is 11.4. The summed E-state index contributed by atoms with van der Waals surface area (Å²) in [6.45, 7) is 1.98. The third-order valence-corrected chi connectivity index (χ3v) is 3.27. The highest BCUT2D eigenvalue weighted by Gasteiger charge is 2.20. The predicted molar refractivity (Wildman–Crippen MR) is 61.4 cm³/mol. The molecule has 0 bridgehead atoms. The summed E-state index contributed by atoms with van der Waals surface area (Å²) < 4.78 is 26.7. The Hall–Kier alpha value is -1.12. The highest BCUT2D eigenvalue weighted by atomic mass is 19.1. The molecule has 1 atom stereocenters. The molecule has 1 aliphatic rings. The van der Waals surface area contributed by atoms with Crippen molar-refractivity contribution in [3.63, 3.8) is 0 Å². The first-order valence-corrected chi connectivity index (χ1v) is 5.87. The third kappa shape index (κ3) is 2.52. The average Bonchev–Trinajstić information content (AvgIpc) is 2.18. The SMILES string of the molecule is CC(CC1CCC1)Nc1c(F)cccc1F. The van der Waals surface area contributed by atoms with Crippen LogP contribution in [0.1, 0.15) is 32.6 Å². The van der Waals surface area contributed by atoms with Crippen molar-refractivity contribution in [3.8, 4) is 0 Å². The lowest BCUT2D eigenvalue weighted by Gasteiger charge is -2.29. The number of benzene rings is 1. The summed E-state index contributed by atoms with van der Waals surface area (Å²) in [5, 5.41) is 2.93. The molecule has 2 rings (SSSR count). The van der Waals surface area contributed by atoms with Crippen LogP contribution < -0.4 is 5.32 Å². The van der Waals surface area contributed by atoms with Gasteiger partial charge in [-0.05, 0) is 31.4 Å². The summed E-state index contributed by atoms with van der Waals surface area (Å²) in [5.74, 6) is -0.293. The Morgan fingerprint density at radius 1 is 1.31 bits per heavy atom. The summed E-state index contributed by atoms with van der Waals surface area (Å²) in [4.78, 5) is 0. The van der Waals surface area contributed by atoms with Gasteiger partial charge in [0.2, 0.25) is 0 Å². The summed E-state index contributed by atoms with van der Waals surface area (Å²) in [6.07, 6.45) is 4.80. The van der Waals surface area contributed by atoms with Gasteiger partial charge < -0.3 is 5.32 Å². The van der Waals surface area contributed by atoms with Crippen molar-refractivity contribution in [3.05, 3.63) is 29.8 Å². The minimum Gasteiger partial charge on any atom is -0.378 e. The maximum Gasteiger partial charge on any atom is 0.149 e. The second kappa shape index (κ2) is 4.81. The van der Waals surface area contributed by atoms with E-state index in [1.807, 2.05) is 6.92 Å². The Bertz CT molecular complexity index is 341. The van der Waals surface area contributed by atoms with E-state index in [1.165, 1.54) is 37.5 Å². The van der Waals surface area contributed by atoms with Gasteiger partial charge in [-0.15, -0.1) is 0 Å². The van der Waals surface area contributed by atoms with Crippen LogP contribution in [0, 0.1) is 17.6 Å². The Balaban J connectivity index is 1.96. The Morgan fingerprint density at radius 3 is 2.44 bits per heavy atom. The molecule has 0 radical (unpaired) electrons. The number of halogens is 2. The van der Waals surface area contributed by atoms with E-state index in [-0.39, 0.29) is 11.7 Å². The minimum atomic E-state index is -0.513. The van der Waals surface area contributed by atoms with Gasteiger partial charge in [0.1, 0.15) is 17.3 Å². The third-order valence-electron chi connectivity index (χ3n) is 3.27. The molecule has 1 aromatic carbocycles. The maximum absolute atomic E-state index is 13.3. The quantitative estimate of drug-likeness (QED) is 0.818. The molecule has 1 nitrogen and oxygen atoms in total. The van der Waals surface area contributed by atoms with E-state index in [4.69, 9.17) is 0 Å². The topological polar surface area (TPSA) is 12.0 Å². The second-order valence-electron chi connectivity index (χ2n) is 4.67. The lowest BCUT2D eigenvalue weighted by atomic mass is 9.81. The summed E-state index contributed by atoms with van der Waals surface area (Å²) in [5.41, 5.74) is 0.00863. The summed E-state index contributed by atoms with van der Waals surface area (Å²) >= 11 is 0. The highest BCUT2D eigenvalue weighted by molar-refractivity contribution is 5.46. The minimum absolute atomic E-state index is 0.00863. The first-order valence-electron chi connectivity index (χ1n) is 5.87. The van der Waals surface area contributed by atoms with Crippen LogP contribution in [0.5, 0.6) is 0 Å². The molecule has 1 aliphatic carbocycles. The second-order valence-corrected chi connectivity index (χ2v) is 4.67. The van der Waals surface area contributed by atoms with Crippen molar-refractivity contribution in [1.29, 1.82) is 0 Å². The molecule has 1 saturated carbocycles. The summed E-state index contributed by atoms with van der Waals surface area (Å²) in [6, 6.07) is 4.06. The number of hydrogen-bond acceptors (Lipinski definition) is 1. The Morgan fingerprint density at radius 2 is 1.94 bits per heavy atom. The lowest BCUT2D eigenvalue weighted by Crippen LogP contribution is -2.24. The zero-order valence-corrected chi connectivity index (χ0v) is 9.47. The van der Waals surface area contributed by atoms with E-state index in [0.29, 0.717) is 0 Å². The van der Waals surface area contributed by atoms with Gasteiger partial charge in [-0.1, -0.05) is 25.3 Å². The van der Waals surface area contributed by atoms with Crippen LogP contribution in [0.4, 0.5) is 14.5 Å². The molecule has 0 aromatic heterocycles. The van der Waals surface area contributed by atoms with E-state index in [1.54, 1.807) is 0 Å². The van der Waals surface area contributed by atoms with Crippen LogP contribution in [0.3, 0.4) is 0 Å². The fraction of sp³-hybridized carbons (Fsp3) is 0.538. The van der Waals surface area contributed by atoms with Gasteiger partial charge in [-0.3, -0.25) is 0 Å². The van der Waals surface area contributed by atoms with E-state index in [9.17, 15) is 8.78 Å². The number of para-hydroxylation sites is 1. The van der Waals surface area contributed by atoms with Crippen LogP contribution in [-0.4, -0.2) is 6.04 Å². The molecular formula is C13H17F2N. The molecule has 0 spiro atoms. The van der Waals surface area contributed by atoms with E-state index in [2.05, 4.69) is 5.32 Å². The Kier molecular flexibility index (Phi) is 3.42. The zero-order valence-electron chi connectivity index (χ0n) is 9.47. The van der Waals surface area contributed by atoms with Crippen LogP contribution in [0.2, 0.25) is 0 Å². The van der Waals surface area contributed by atoms with Gasteiger partial charge in [0, 0.05) is 6.04 Å². The average molecular weight is 225 g/mol. The molecule has 1 aromatic rings. The monoisotopic (exact) mass is 225 g/mol.